The Morgan fingerprint density at radius 2 is 1.13 bits per heavy atom. The van der Waals surface area contributed by atoms with Crippen molar-refractivity contribution in [2.75, 3.05) is 6.61 Å². The van der Waals surface area contributed by atoms with Crippen LogP contribution in [0.15, 0.2) is 30.3 Å². The zero-order chi connectivity index (χ0) is 35.8. The lowest BCUT2D eigenvalue weighted by atomic mass is 10.0. The van der Waals surface area contributed by atoms with Gasteiger partial charge in [0.2, 0.25) is 29.5 Å². The molecule has 47 heavy (non-hydrogen) atoms. The quantitative estimate of drug-likeness (QED) is 0.0667. The van der Waals surface area contributed by atoms with Gasteiger partial charge >= 0.3 is 17.9 Å². The highest BCUT2D eigenvalue weighted by Gasteiger charge is 2.32. The minimum atomic E-state index is -1.73. The van der Waals surface area contributed by atoms with Crippen molar-refractivity contribution >= 4 is 47.4 Å². The average molecular weight is 667 g/mol. The van der Waals surface area contributed by atoms with Crippen LogP contribution in [0.5, 0.6) is 0 Å². The number of hydrogen-bond acceptors (Lipinski definition) is 10. The predicted octanol–water partition coefficient (Wildman–Crippen LogP) is -2.93. The molecule has 6 atom stereocenters. The van der Waals surface area contributed by atoms with Crippen LogP contribution in [-0.4, -0.2) is 111 Å². The van der Waals surface area contributed by atoms with Gasteiger partial charge in [0.25, 0.3) is 0 Å². The molecule has 1 aromatic carbocycles. The van der Waals surface area contributed by atoms with Crippen LogP contribution in [0.4, 0.5) is 0 Å². The van der Waals surface area contributed by atoms with E-state index in [1.807, 2.05) is 0 Å². The Hall–Kier alpha value is -5.10. The first-order chi connectivity index (χ1) is 21.9. The van der Waals surface area contributed by atoms with Crippen molar-refractivity contribution < 1.29 is 58.8 Å². The summed E-state index contributed by atoms with van der Waals surface area (Å²) < 4.78 is 0. The minimum absolute atomic E-state index is 0.0610. The summed E-state index contributed by atoms with van der Waals surface area (Å²) >= 11 is 0. The monoisotopic (exact) mass is 666 g/mol. The maximum absolute atomic E-state index is 13.4. The van der Waals surface area contributed by atoms with Crippen molar-refractivity contribution in [3.63, 3.8) is 0 Å². The number of amides is 5. The highest BCUT2D eigenvalue weighted by molar-refractivity contribution is 5.97. The molecule has 0 aliphatic rings. The highest BCUT2D eigenvalue weighted by atomic mass is 16.4. The molecule has 1 aromatic rings. The molecule has 18 heteroatoms. The molecule has 5 amide bonds. The Bertz CT molecular complexity index is 1290. The van der Waals surface area contributed by atoms with Crippen molar-refractivity contribution in [3.8, 4) is 0 Å². The Morgan fingerprint density at radius 3 is 1.64 bits per heavy atom. The van der Waals surface area contributed by atoms with Crippen molar-refractivity contribution in [1.82, 2.24) is 26.6 Å². The van der Waals surface area contributed by atoms with Crippen LogP contribution in [0.3, 0.4) is 0 Å². The summed E-state index contributed by atoms with van der Waals surface area (Å²) in [6.07, 6.45) is -1.72. The molecule has 1 rings (SSSR count). The molecule has 0 heterocycles. The normalized spacial score (nSPS) is 14.7. The molecule has 18 nitrogen and oxygen atoms in total. The maximum Gasteiger partial charge on any atom is 0.328 e. The van der Waals surface area contributed by atoms with Gasteiger partial charge in [0, 0.05) is 6.42 Å². The number of carbonyl (C=O) groups is 8. The molecule has 0 fully saturated rings. The predicted molar refractivity (Wildman–Crippen MR) is 162 cm³/mol. The third-order valence-electron chi connectivity index (χ3n) is 6.55. The number of aliphatic hydroxyl groups is 1. The van der Waals surface area contributed by atoms with E-state index in [0.717, 1.165) is 0 Å². The SMILES string of the molecule is CC(C)C[C@H](NC(=O)[C@H](C)NC(=O)[C@H](CC(=O)O)NC(=O)[C@@H](N)CC(=O)O)C(=O)N[C@@H](Cc1ccccc1)C(=O)N[C@@H](CO)C(=O)O. The summed E-state index contributed by atoms with van der Waals surface area (Å²) in [6.45, 7) is 3.81. The first-order valence-electron chi connectivity index (χ1n) is 14.5. The second kappa shape index (κ2) is 19.4. The van der Waals surface area contributed by atoms with Crippen LogP contribution >= 0.6 is 0 Å². The number of carbonyl (C=O) groups excluding carboxylic acids is 5. The third kappa shape index (κ3) is 14.7. The minimum Gasteiger partial charge on any atom is -0.481 e. The molecule has 0 unspecified atom stereocenters. The van der Waals surface area contributed by atoms with E-state index < -0.39 is 103 Å². The Balaban J connectivity index is 3.11. The van der Waals surface area contributed by atoms with E-state index in [-0.39, 0.29) is 18.8 Å². The van der Waals surface area contributed by atoms with Gasteiger partial charge in [-0.1, -0.05) is 44.2 Å². The molecule has 0 aliphatic carbocycles. The first-order valence-corrected chi connectivity index (χ1v) is 14.5. The van der Waals surface area contributed by atoms with Gasteiger partial charge in [-0.05, 0) is 24.8 Å². The van der Waals surface area contributed by atoms with Crippen LogP contribution in [0.25, 0.3) is 0 Å². The lowest BCUT2D eigenvalue weighted by molar-refractivity contribution is -0.143. The fourth-order valence-electron chi connectivity index (χ4n) is 4.11. The van der Waals surface area contributed by atoms with Gasteiger partial charge in [0.05, 0.1) is 25.5 Å². The van der Waals surface area contributed by atoms with Gasteiger partial charge in [-0.3, -0.25) is 33.6 Å². The molecular formula is C29H42N6O12. The van der Waals surface area contributed by atoms with Crippen LogP contribution in [-0.2, 0) is 44.8 Å². The zero-order valence-corrected chi connectivity index (χ0v) is 26.1. The standard InChI is InChI=1S/C29H42N6O12/c1-14(2)9-18(27(44)34-19(10-16-7-5-4-6-8-16)28(45)35-21(13-36)29(46)47)32-24(41)15(3)31-26(43)20(12-23(39)40)33-25(42)17(30)11-22(37)38/h4-8,14-15,17-21,36H,9-13,30H2,1-3H3,(H,31,43)(H,32,41)(H,33,42)(H,34,44)(H,35,45)(H,37,38)(H,39,40)(H,46,47)/t15-,17-,18-,19-,20-,21-/m0/s1. The molecule has 0 aliphatic heterocycles. The van der Waals surface area contributed by atoms with Gasteiger partial charge in [-0.15, -0.1) is 0 Å². The topological polar surface area (TPSA) is 304 Å². The lowest BCUT2D eigenvalue weighted by Gasteiger charge is -2.26. The Morgan fingerprint density at radius 1 is 0.638 bits per heavy atom. The third-order valence-corrected chi connectivity index (χ3v) is 6.55. The fourth-order valence-corrected chi connectivity index (χ4v) is 4.11. The van der Waals surface area contributed by atoms with Crippen LogP contribution < -0.4 is 32.3 Å². The van der Waals surface area contributed by atoms with E-state index >= 15 is 0 Å². The molecule has 0 saturated heterocycles. The Kier molecular flexibility index (Phi) is 16.5. The second-order valence-corrected chi connectivity index (χ2v) is 11.1. The molecule has 0 bridgehead atoms. The van der Waals surface area contributed by atoms with Crippen molar-refractivity contribution in [2.45, 2.75) is 82.7 Å². The smallest absolute Gasteiger partial charge is 0.328 e. The van der Waals surface area contributed by atoms with Gasteiger partial charge in [-0.25, -0.2) is 4.79 Å². The number of carboxylic acid groups (broad SMARTS) is 3. The van der Waals surface area contributed by atoms with Gasteiger partial charge in [0.1, 0.15) is 30.2 Å². The van der Waals surface area contributed by atoms with E-state index in [9.17, 15) is 53.7 Å². The number of aliphatic carboxylic acids is 3. The number of benzene rings is 1. The lowest BCUT2D eigenvalue weighted by Crippen LogP contribution is -2.59. The Labute approximate surface area is 269 Å². The molecular weight excluding hydrogens is 624 g/mol. The van der Waals surface area contributed by atoms with Gasteiger partial charge in [0.15, 0.2) is 0 Å². The van der Waals surface area contributed by atoms with Crippen LogP contribution in [0.2, 0.25) is 0 Å². The molecule has 0 radical (unpaired) electrons. The van der Waals surface area contributed by atoms with E-state index in [1.54, 1.807) is 44.2 Å². The van der Waals surface area contributed by atoms with Crippen molar-refractivity contribution in [1.29, 1.82) is 0 Å². The summed E-state index contributed by atoms with van der Waals surface area (Å²) in [5, 5.41) is 48.0. The zero-order valence-electron chi connectivity index (χ0n) is 26.1. The number of nitrogens with one attached hydrogen (secondary N) is 5. The summed E-state index contributed by atoms with van der Waals surface area (Å²) in [6, 6.07) is -0.470. The van der Waals surface area contributed by atoms with Crippen molar-refractivity contribution in [2.24, 2.45) is 11.7 Å². The average Bonchev–Trinajstić information content (AvgIpc) is 2.97. The summed E-state index contributed by atoms with van der Waals surface area (Å²) in [7, 11) is 0. The number of rotatable bonds is 20. The molecule has 0 saturated carbocycles. The fraction of sp³-hybridized carbons (Fsp3) is 0.517. The summed E-state index contributed by atoms with van der Waals surface area (Å²) in [5.74, 6) is -9.40. The molecule has 260 valence electrons. The summed E-state index contributed by atoms with van der Waals surface area (Å²) in [5.41, 5.74) is 6.08. The van der Waals surface area contributed by atoms with Crippen LogP contribution in [0.1, 0.15) is 45.6 Å². The number of carboxylic acids is 3. The molecule has 0 aromatic heterocycles. The van der Waals surface area contributed by atoms with Gasteiger partial charge < -0.3 is 52.7 Å². The molecule has 0 spiro atoms. The molecule has 11 N–H and O–H groups in total. The van der Waals surface area contributed by atoms with E-state index in [2.05, 4.69) is 26.6 Å². The number of hydrogen-bond donors (Lipinski definition) is 10. The van der Waals surface area contributed by atoms with Crippen LogP contribution in [0, 0.1) is 5.92 Å². The first kappa shape index (κ1) is 39.9. The maximum atomic E-state index is 13.4. The number of nitrogens with two attached hydrogens (primary N) is 1. The largest absolute Gasteiger partial charge is 0.481 e. The highest BCUT2D eigenvalue weighted by Crippen LogP contribution is 2.09. The van der Waals surface area contributed by atoms with Crippen molar-refractivity contribution in [3.05, 3.63) is 35.9 Å². The second-order valence-electron chi connectivity index (χ2n) is 11.1. The summed E-state index contributed by atoms with van der Waals surface area (Å²) in [4.78, 5) is 98.0. The van der Waals surface area contributed by atoms with E-state index in [0.29, 0.717) is 5.56 Å². The van der Waals surface area contributed by atoms with E-state index in [4.69, 9.17) is 10.8 Å². The van der Waals surface area contributed by atoms with E-state index in [1.165, 1.54) is 6.92 Å². The number of aliphatic hydroxyl groups excluding tert-OH is 1. The van der Waals surface area contributed by atoms with Gasteiger partial charge in [-0.2, -0.15) is 0 Å².